The zero-order valence-corrected chi connectivity index (χ0v) is 8.51. The molecule has 0 amide bonds. The lowest BCUT2D eigenvalue weighted by molar-refractivity contribution is 0.480. The third-order valence-electron chi connectivity index (χ3n) is 2.17. The molecule has 1 heterocycles. The van der Waals surface area contributed by atoms with Crippen molar-refractivity contribution in [3.05, 3.63) is 42.7 Å². The Morgan fingerprint density at radius 3 is 2.69 bits per heavy atom. The average molecular weight is 214 g/mol. The summed E-state index contributed by atoms with van der Waals surface area (Å²) < 4.78 is 0. The lowest BCUT2D eigenvalue weighted by atomic mass is 10.2. The molecule has 0 bridgehead atoms. The van der Waals surface area contributed by atoms with E-state index < -0.39 is 0 Å². The summed E-state index contributed by atoms with van der Waals surface area (Å²) in [6.07, 6.45) is 1.45. The number of aromatic nitrogens is 2. The molecule has 1 aromatic heterocycles. The molecule has 80 valence electrons. The molecule has 4 heteroatoms. The highest BCUT2D eigenvalue weighted by atomic mass is 16.3. The van der Waals surface area contributed by atoms with Gasteiger partial charge in [-0.25, -0.2) is 9.97 Å². The Balaban J connectivity index is 2.85. The third-order valence-corrected chi connectivity index (χ3v) is 2.17. The summed E-state index contributed by atoms with van der Waals surface area (Å²) in [6, 6.07) is 4.88. The molecule has 0 atom stereocenters. The molecule has 0 saturated heterocycles. The lowest BCUT2D eigenvalue weighted by Crippen LogP contribution is -1.97. The van der Waals surface area contributed by atoms with Crippen molar-refractivity contribution in [3.63, 3.8) is 0 Å². The van der Waals surface area contributed by atoms with Crippen LogP contribution < -0.4 is 0 Å². The van der Waals surface area contributed by atoms with Crippen molar-refractivity contribution in [2.45, 2.75) is 0 Å². The fourth-order valence-corrected chi connectivity index (χ4v) is 1.43. The summed E-state index contributed by atoms with van der Waals surface area (Å²) in [7, 11) is 0. The van der Waals surface area contributed by atoms with Crippen LogP contribution in [-0.2, 0) is 0 Å². The number of phenols is 1. The number of hydrogen-bond acceptors (Lipinski definition) is 4. The van der Waals surface area contributed by atoms with Crippen LogP contribution in [0.15, 0.2) is 31.4 Å². The quantitative estimate of drug-likeness (QED) is 0.754. The fourth-order valence-electron chi connectivity index (χ4n) is 1.43. The zero-order chi connectivity index (χ0) is 11.7. The Labute approximate surface area is 92.2 Å². The van der Waals surface area contributed by atoms with Gasteiger partial charge in [-0.1, -0.05) is 19.2 Å². The predicted molar refractivity (Wildman–Crippen MR) is 63.0 cm³/mol. The van der Waals surface area contributed by atoms with E-state index in [1.807, 2.05) is 0 Å². The number of para-hydroxylation sites is 1. The number of nitrogens with zero attached hydrogens (tertiary/aromatic N) is 2. The summed E-state index contributed by atoms with van der Waals surface area (Å²) in [5.41, 5.74) is 1.54. The second-order valence-electron chi connectivity index (χ2n) is 3.25. The van der Waals surface area contributed by atoms with Crippen LogP contribution in [-0.4, -0.2) is 20.2 Å². The van der Waals surface area contributed by atoms with E-state index in [0.717, 1.165) is 0 Å². The molecular weight excluding hydrogens is 204 g/mol. The standard InChI is InChI=1S/C12H10N2O2/c1-3-8-11(7(2)15)14-9-5-4-6-10(16)12(9)13-8/h3-6,15-16H,1-2H2. The van der Waals surface area contributed by atoms with Crippen LogP contribution in [0.4, 0.5) is 0 Å². The molecule has 2 rings (SSSR count). The number of benzene rings is 1. The number of aliphatic hydroxyl groups is 1. The second-order valence-corrected chi connectivity index (χ2v) is 3.25. The first-order valence-corrected chi connectivity index (χ1v) is 4.64. The Kier molecular flexibility index (Phi) is 2.32. The molecule has 2 N–H and O–H groups in total. The van der Waals surface area contributed by atoms with Gasteiger partial charge in [0.25, 0.3) is 0 Å². The average Bonchev–Trinajstić information content (AvgIpc) is 2.28. The molecular formula is C12H10N2O2. The zero-order valence-electron chi connectivity index (χ0n) is 8.51. The smallest absolute Gasteiger partial charge is 0.143 e. The summed E-state index contributed by atoms with van der Waals surface area (Å²) in [5, 5.41) is 19.0. The lowest BCUT2D eigenvalue weighted by Gasteiger charge is -2.06. The van der Waals surface area contributed by atoms with Gasteiger partial charge in [-0.15, -0.1) is 0 Å². The van der Waals surface area contributed by atoms with Crippen molar-refractivity contribution in [3.8, 4) is 5.75 Å². The highest BCUT2D eigenvalue weighted by Gasteiger charge is 2.10. The number of fused-ring (bicyclic) bond motifs is 1. The number of phenolic OH excluding ortho intramolecular Hbond substituents is 1. The molecule has 16 heavy (non-hydrogen) atoms. The summed E-state index contributed by atoms with van der Waals surface area (Å²) in [6.45, 7) is 6.98. The van der Waals surface area contributed by atoms with Crippen molar-refractivity contribution < 1.29 is 10.2 Å². The van der Waals surface area contributed by atoms with E-state index >= 15 is 0 Å². The van der Waals surface area contributed by atoms with E-state index in [9.17, 15) is 10.2 Å². The van der Waals surface area contributed by atoms with Crippen molar-refractivity contribution >= 4 is 22.9 Å². The van der Waals surface area contributed by atoms with Crippen LogP contribution in [0.2, 0.25) is 0 Å². The van der Waals surface area contributed by atoms with E-state index in [0.29, 0.717) is 16.7 Å². The van der Waals surface area contributed by atoms with Gasteiger partial charge in [0, 0.05) is 0 Å². The third kappa shape index (κ3) is 1.50. The molecule has 0 radical (unpaired) electrons. The Morgan fingerprint density at radius 2 is 2.06 bits per heavy atom. The normalized spacial score (nSPS) is 10.2. The molecule has 0 saturated carbocycles. The number of aromatic hydroxyl groups is 1. The van der Waals surface area contributed by atoms with Crippen molar-refractivity contribution in [2.75, 3.05) is 0 Å². The molecule has 1 aromatic carbocycles. The first-order chi connectivity index (χ1) is 7.63. The van der Waals surface area contributed by atoms with Crippen LogP contribution in [0.3, 0.4) is 0 Å². The molecule has 4 nitrogen and oxygen atoms in total. The van der Waals surface area contributed by atoms with Crippen molar-refractivity contribution in [2.24, 2.45) is 0 Å². The van der Waals surface area contributed by atoms with Crippen LogP contribution in [0.25, 0.3) is 22.9 Å². The summed E-state index contributed by atoms with van der Waals surface area (Å²) >= 11 is 0. The molecule has 2 aromatic rings. The van der Waals surface area contributed by atoms with Crippen LogP contribution in [0, 0.1) is 0 Å². The molecule has 0 spiro atoms. The van der Waals surface area contributed by atoms with Crippen molar-refractivity contribution in [1.29, 1.82) is 0 Å². The van der Waals surface area contributed by atoms with E-state index in [1.165, 1.54) is 12.1 Å². The molecule has 0 aliphatic rings. The van der Waals surface area contributed by atoms with Gasteiger partial charge in [0.05, 0.1) is 11.2 Å². The van der Waals surface area contributed by atoms with Crippen LogP contribution >= 0.6 is 0 Å². The Bertz CT molecular complexity index is 591. The number of hydrogen-bond donors (Lipinski definition) is 2. The van der Waals surface area contributed by atoms with Gasteiger partial charge >= 0.3 is 0 Å². The summed E-state index contributed by atoms with van der Waals surface area (Å²) in [5.74, 6) is -0.129. The minimum Gasteiger partial charge on any atom is -0.506 e. The molecule has 0 fully saturated rings. The van der Waals surface area contributed by atoms with Gasteiger partial charge in [-0.05, 0) is 18.2 Å². The van der Waals surface area contributed by atoms with Gasteiger partial charge in [-0.2, -0.15) is 0 Å². The maximum Gasteiger partial charge on any atom is 0.143 e. The highest BCUT2D eigenvalue weighted by Crippen LogP contribution is 2.24. The minimum absolute atomic E-state index is 0.0446. The number of aliphatic hydroxyl groups excluding tert-OH is 1. The minimum atomic E-state index is -0.173. The molecule has 0 aliphatic heterocycles. The maximum absolute atomic E-state index is 9.60. The maximum atomic E-state index is 9.60. The van der Waals surface area contributed by atoms with E-state index in [1.54, 1.807) is 12.1 Å². The van der Waals surface area contributed by atoms with Gasteiger partial charge in [0.15, 0.2) is 0 Å². The molecule has 0 aliphatic carbocycles. The van der Waals surface area contributed by atoms with Crippen molar-refractivity contribution in [1.82, 2.24) is 9.97 Å². The second kappa shape index (κ2) is 3.66. The van der Waals surface area contributed by atoms with E-state index in [2.05, 4.69) is 23.1 Å². The monoisotopic (exact) mass is 214 g/mol. The van der Waals surface area contributed by atoms with E-state index in [4.69, 9.17) is 0 Å². The van der Waals surface area contributed by atoms with Crippen LogP contribution in [0.1, 0.15) is 11.4 Å². The van der Waals surface area contributed by atoms with Gasteiger partial charge in [0.2, 0.25) is 0 Å². The summed E-state index contributed by atoms with van der Waals surface area (Å²) in [4.78, 5) is 8.33. The van der Waals surface area contributed by atoms with E-state index in [-0.39, 0.29) is 17.2 Å². The first-order valence-electron chi connectivity index (χ1n) is 4.64. The largest absolute Gasteiger partial charge is 0.506 e. The fraction of sp³-hybridized carbons (Fsp3) is 0. The van der Waals surface area contributed by atoms with Gasteiger partial charge in [-0.3, -0.25) is 0 Å². The Hall–Kier alpha value is -2.36. The number of rotatable bonds is 2. The Morgan fingerprint density at radius 1 is 1.31 bits per heavy atom. The highest BCUT2D eigenvalue weighted by molar-refractivity contribution is 5.83. The van der Waals surface area contributed by atoms with Gasteiger partial charge in [0.1, 0.15) is 22.7 Å². The SMILES string of the molecule is C=Cc1nc2c(O)cccc2nc1C(=C)O. The molecule has 0 unspecified atom stereocenters. The topological polar surface area (TPSA) is 66.2 Å². The van der Waals surface area contributed by atoms with Crippen LogP contribution in [0.5, 0.6) is 5.75 Å². The predicted octanol–water partition coefficient (Wildman–Crippen LogP) is 2.51. The van der Waals surface area contributed by atoms with Gasteiger partial charge < -0.3 is 10.2 Å². The first kappa shape index (κ1) is 10.2.